The van der Waals surface area contributed by atoms with Crippen molar-refractivity contribution in [3.05, 3.63) is 35.9 Å². The molecular formula is C16H22O3. The molecule has 0 saturated carbocycles. The number of hydrogen-bond acceptors (Lipinski definition) is 3. The van der Waals surface area contributed by atoms with Gasteiger partial charge >= 0.3 is 5.97 Å². The van der Waals surface area contributed by atoms with Crippen LogP contribution in [0.1, 0.15) is 45.1 Å². The molecule has 1 saturated heterocycles. The van der Waals surface area contributed by atoms with E-state index in [1.165, 1.54) is 0 Å². The van der Waals surface area contributed by atoms with Gasteiger partial charge in [0.1, 0.15) is 5.60 Å². The molecule has 0 radical (unpaired) electrons. The van der Waals surface area contributed by atoms with Crippen molar-refractivity contribution < 1.29 is 14.3 Å². The second-order valence-corrected chi connectivity index (χ2v) is 4.98. The van der Waals surface area contributed by atoms with E-state index in [0.717, 1.165) is 31.2 Å². The van der Waals surface area contributed by atoms with Crippen LogP contribution in [0.3, 0.4) is 0 Å². The van der Waals surface area contributed by atoms with Crippen molar-refractivity contribution >= 4 is 5.97 Å². The second-order valence-electron chi connectivity index (χ2n) is 4.98. The summed E-state index contributed by atoms with van der Waals surface area (Å²) in [4.78, 5) is 12.0. The number of esters is 1. The first-order valence-corrected chi connectivity index (χ1v) is 7.14. The summed E-state index contributed by atoms with van der Waals surface area (Å²) in [6, 6.07) is 9.92. The monoisotopic (exact) mass is 262 g/mol. The van der Waals surface area contributed by atoms with Gasteiger partial charge in [-0.25, -0.2) is 4.79 Å². The Morgan fingerprint density at radius 1 is 1.26 bits per heavy atom. The number of carbonyl (C=O) groups is 1. The molecule has 0 aromatic heterocycles. The Kier molecular flexibility index (Phi) is 4.59. The Labute approximate surface area is 114 Å². The molecule has 1 aliphatic heterocycles. The highest BCUT2D eigenvalue weighted by molar-refractivity contribution is 5.80. The third kappa shape index (κ3) is 2.98. The van der Waals surface area contributed by atoms with Crippen LogP contribution in [-0.4, -0.2) is 18.7 Å². The SMILES string of the molecule is CCCCCOC(=O)[C@H]1O[C@]1(CC)c1ccccc1. The zero-order valence-corrected chi connectivity index (χ0v) is 11.7. The van der Waals surface area contributed by atoms with Crippen molar-refractivity contribution in [3.8, 4) is 0 Å². The Bertz CT molecular complexity index is 415. The molecule has 0 aliphatic carbocycles. The van der Waals surface area contributed by atoms with Gasteiger partial charge in [0.25, 0.3) is 0 Å². The average Bonchev–Trinajstić information content (AvgIpc) is 3.20. The van der Waals surface area contributed by atoms with Crippen LogP contribution in [0.2, 0.25) is 0 Å². The molecule has 0 N–H and O–H groups in total. The van der Waals surface area contributed by atoms with Crippen molar-refractivity contribution in [3.63, 3.8) is 0 Å². The van der Waals surface area contributed by atoms with Crippen LogP contribution in [0.15, 0.2) is 30.3 Å². The minimum absolute atomic E-state index is 0.221. The maximum atomic E-state index is 12.0. The van der Waals surface area contributed by atoms with E-state index < -0.39 is 11.7 Å². The highest BCUT2D eigenvalue weighted by atomic mass is 16.7. The van der Waals surface area contributed by atoms with Gasteiger partial charge in [-0.05, 0) is 18.4 Å². The smallest absolute Gasteiger partial charge is 0.338 e. The lowest BCUT2D eigenvalue weighted by Crippen LogP contribution is -2.21. The van der Waals surface area contributed by atoms with E-state index in [4.69, 9.17) is 9.47 Å². The molecule has 1 aromatic carbocycles. The second kappa shape index (κ2) is 6.20. The van der Waals surface area contributed by atoms with Gasteiger partial charge in [0.05, 0.1) is 6.61 Å². The largest absolute Gasteiger partial charge is 0.464 e. The van der Waals surface area contributed by atoms with E-state index in [1.54, 1.807) is 0 Å². The van der Waals surface area contributed by atoms with E-state index in [2.05, 4.69) is 6.92 Å². The number of ether oxygens (including phenoxy) is 2. The predicted molar refractivity (Wildman–Crippen MR) is 73.8 cm³/mol. The first kappa shape index (κ1) is 14.1. The summed E-state index contributed by atoms with van der Waals surface area (Å²) in [6.07, 6.45) is 3.50. The van der Waals surface area contributed by atoms with Crippen LogP contribution in [0.25, 0.3) is 0 Å². The predicted octanol–water partition coefficient (Wildman–Crippen LogP) is 3.42. The lowest BCUT2D eigenvalue weighted by Gasteiger charge is -2.10. The summed E-state index contributed by atoms with van der Waals surface area (Å²) in [6.45, 7) is 4.67. The van der Waals surface area contributed by atoms with Gasteiger partial charge in [0.15, 0.2) is 6.10 Å². The van der Waals surface area contributed by atoms with Crippen molar-refractivity contribution in [1.82, 2.24) is 0 Å². The normalized spacial score (nSPS) is 25.1. The fourth-order valence-electron chi connectivity index (χ4n) is 2.43. The molecule has 1 fully saturated rings. The molecule has 19 heavy (non-hydrogen) atoms. The minimum Gasteiger partial charge on any atom is -0.464 e. The minimum atomic E-state index is -0.455. The van der Waals surface area contributed by atoms with Crippen LogP contribution < -0.4 is 0 Å². The quantitative estimate of drug-likeness (QED) is 0.429. The first-order valence-electron chi connectivity index (χ1n) is 7.14. The Morgan fingerprint density at radius 2 is 2.00 bits per heavy atom. The fraction of sp³-hybridized carbons (Fsp3) is 0.562. The van der Waals surface area contributed by atoms with Gasteiger partial charge in [-0.1, -0.05) is 57.0 Å². The van der Waals surface area contributed by atoms with Crippen LogP contribution in [0.5, 0.6) is 0 Å². The van der Waals surface area contributed by atoms with Gasteiger partial charge < -0.3 is 9.47 Å². The summed E-state index contributed by atoms with van der Waals surface area (Å²) >= 11 is 0. The van der Waals surface area contributed by atoms with Crippen molar-refractivity contribution in [1.29, 1.82) is 0 Å². The van der Waals surface area contributed by atoms with E-state index >= 15 is 0 Å². The Balaban J connectivity index is 1.91. The van der Waals surface area contributed by atoms with Crippen LogP contribution in [0.4, 0.5) is 0 Å². The molecule has 3 heteroatoms. The molecule has 104 valence electrons. The molecule has 0 spiro atoms. The summed E-state index contributed by atoms with van der Waals surface area (Å²) in [5.74, 6) is -0.221. The number of rotatable bonds is 7. The molecule has 2 atom stereocenters. The summed E-state index contributed by atoms with van der Waals surface area (Å²) in [5, 5.41) is 0. The maximum Gasteiger partial charge on any atom is 0.338 e. The fourth-order valence-corrected chi connectivity index (χ4v) is 2.43. The number of benzene rings is 1. The number of epoxide rings is 1. The third-order valence-electron chi connectivity index (χ3n) is 3.69. The topological polar surface area (TPSA) is 38.8 Å². The Hall–Kier alpha value is -1.35. The highest BCUT2D eigenvalue weighted by Gasteiger charge is 2.61. The summed E-state index contributed by atoms with van der Waals surface area (Å²) in [5.41, 5.74) is 0.608. The third-order valence-corrected chi connectivity index (χ3v) is 3.69. The van der Waals surface area contributed by atoms with Crippen molar-refractivity contribution in [2.24, 2.45) is 0 Å². The maximum absolute atomic E-state index is 12.0. The number of hydrogen-bond donors (Lipinski definition) is 0. The zero-order chi connectivity index (χ0) is 13.7. The van der Waals surface area contributed by atoms with E-state index in [1.807, 2.05) is 37.3 Å². The van der Waals surface area contributed by atoms with Gasteiger partial charge in [0, 0.05) is 0 Å². The molecule has 1 aromatic rings. The number of unbranched alkanes of at least 4 members (excludes halogenated alkanes) is 2. The Morgan fingerprint density at radius 3 is 2.63 bits per heavy atom. The molecule has 3 nitrogen and oxygen atoms in total. The van der Waals surface area contributed by atoms with Gasteiger partial charge in [-0.15, -0.1) is 0 Å². The zero-order valence-electron chi connectivity index (χ0n) is 11.7. The lowest BCUT2D eigenvalue weighted by atomic mass is 9.93. The van der Waals surface area contributed by atoms with Crippen LogP contribution in [-0.2, 0) is 19.9 Å². The van der Waals surface area contributed by atoms with Crippen LogP contribution in [0, 0.1) is 0 Å². The first-order chi connectivity index (χ1) is 9.24. The van der Waals surface area contributed by atoms with Gasteiger partial charge in [0.2, 0.25) is 0 Å². The summed E-state index contributed by atoms with van der Waals surface area (Å²) < 4.78 is 11.0. The number of carbonyl (C=O) groups excluding carboxylic acids is 1. The average molecular weight is 262 g/mol. The molecule has 0 amide bonds. The van der Waals surface area contributed by atoms with Gasteiger partial charge in [-0.2, -0.15) is 0 Å². The molecule has 2 rings (SSSR count). The van der Waals surface area contributed by atoms with E-state index in [9.17, 15) is 4.79 Å². The van der Waals surface area contributed by atoms with Gasteiger partial charge in [-0.3, -0.25) is 0 Å². The van der Waals surface area contributed by atoms with E-state index in [0.29, 0.717) is 6.61 Å². The lowest BCUT2D eigenvalue weighted by molar-refractivity contribution is -0.145. The van der Waals surface area contributed by atoms with Crippen molar-refractivity contribution in [2.45, 2.75) is 51.2 Å². The highest BCUT2D eigenvalue weighted by Crippen LogP contribution is 2.49. The van der Waals surface area contributed by atoms with Crippen LogP contribution >= 0.6 is 0 Å². The standard InChI is InChI=1S/C16H22O3/c1-3-5-9-12-18-15(17)14-16(4-2,19-14)13-10-7-6-8-11-13/h6-8,10-11,14H,3-5,9,12H2,1-2H3/t14-,16-/m1/s1. The molecule has 0 bridgehead atoms. The molecule has 0 unspecified atom stereocenters. The van der Waals surface area contributed by atoms with E-state index in [-0.39, 0.29) is 5.97 Å². The molecule has 1 heterocycles. The molecule has 1 aliphatic rings. The molecular weight excluding hydrogens is 240 g/mol. The summed E-state index contributed by atoms with van der Waals surface area (Å²) in [7, 11) is 0. The van der Waals surface area contributed by atoms with Crippen molar-refractivity contribution in [2.75, 3.05) is 6.61 Å².